The third-order valence-electron chi connectivity index (χ3n) is 7.82. The van der Waals surface area contributed by atoms with Crippen molar-refractivity contribution in [2.75, 3.05) is 0 Å². The van der Waals surface area contributed by atoms with Crippen LogP contribution in [0.15, 0.2) is 121 Å². The van der Waals surface area contributed by atoms with Crippen LogP contribution in [0.1, 0.15) is 11.1 Å². The van der Waals surface area contributed by atoms with Gasteiger partial charge in [0.15, 0.2) is 0 Å². The van der Waals surface area contributed by atoms with Gasteiger partial charge in [0.2, 0.25) is 0 Å². The summed E-state index contributed by atoms with van der Waals surface area (Å²) in [4.78, 5) is 0. The SMILES string of the molecule is Cc1c2ccccc2c(C)c2c3ccc(-c4ccccc4)cc3c3cc(-c4ccccc4)ccc3c12. The zero-order valence-electron chi connectivity index (χ0n) is 20.5. The first-order chi connectivity index (χ1) is 17.7. The van der Waals surface area contributed by atoms with Gasteiger partial charge in [-0.25, -0.2) is 0 Å². The Kier molecular flexibility index (Phi) is 4.69. The highest BCUT2D eigenvalue weighted by atomic mass is 14.2. The van der Waals surface area contributed by atoms with E-state index in [2.05, 4.69) is 135 Å². The van der Waals surface area contributed by atoms with Gasteiger partial charge < -0.3 is 0 Å². The van der Waals surface area contributed by atoms with Crippen molar-refractivity contribution >= 4 is 43.1 Å². The fourth-order valence-electron chi connectivity index (χ4n) is 6.05. The van der Waals surface area contributed by atoms with Crippen molar-refractivity contribution in [1.29, 1.82) is 0 Å². The van der Waals surface area contributed by atoms with Crippen LogP contribution in [0.2, 0.25) is 0 Å². The number of fused-ring (bicyclic) bond motifs is 7. The first kappa shape index (κ1) is 20.9. The molecule has 0 saturated carbocycles. The Balaban J connectivity index is 1.69. The maximum Gasteiger partial charge on any atom is -0.00606 e. The zero-order chi connectivity index (χ0) is 24.2. The Morgan fingerprint density at radius 2 is 0.694 bits per heavy atom. The first-order valence-electron chi connectivity index (χ1n) is 12.6. The van der Waals surface area contributed by atoms with E-state index in [1.165, 1.54) is 76.5 Å². The molecule has 0 saturated heterocycles. The fraction of sp³-hybridized carbons (Fsp3) is 0.0556. The van der Waals surface area contributed by atoms with Crippen molar-refractivity contribution in [1.82, 2.24) is 0 Å². The smallest absolute Gasteiger partial charge is 0.00606 e. The normalized spacial score (nSPS) is 11.6. The topological polar surface area (TPSA) is 0 Å². The Hall–Kier alpha value is -4.42. The van der Waals surface area contributed by atoms with Gasteiger partial charge in [-0.2, -0.15) is 0 Å². The first-order valence-corrected chi connectivity index (χ1v) is 12.6. The fourth-order valence-corrected chi connectivity index (χ4v) is 6.05. The quantitative estimate of drug-likeness (QED) is 0.178. The molecule has 36 heavy (non-hydrogen) atoms. The van der Waals surface area contributed by atoms with Crippen molar-refractivity contribution < 1.29 is 0 Å². The summed E-state index contributed by atoms with van der Waals surface area (Å²) in [5.41, 5.74) is 7.72. The standard InChI is InChI=1S/C36H26/c1-23-29-15-9-10-16-30(29)24(2)36-32-20-18-28(26-13-7-4-8-14-26)22-34(32)33-21-27(17-19-31(33)35(23)36)25-11-5-3-6-12-25/h3-22H,1-2H3. The second-order valence-corrected chi connectivity index (χ2v) is 9.80. The highest BCUT2D eigenvalue weighted by Gasteiger charge is 2.17. The molecule has 0 aromatic heterocycles. The molecule has 0 aliphatic heterocycles. The van der Waals surface area contributed by atoms with Crippen LogP contribution in [-0.4, -0.2) is 0 Å². The number of hydrogen-bond acceptors (Lipinski definition) is 0. The summed E-state index contributed by atoms with van der Waals surface area (Å²) in [6.07, 6.45) is 0. The van der Waals surface area contributed by atoms with Gasteiger partial charge in [0.05, 0.1) is 0 Å². The molecule has 0 aliphatic carbocycles. The molecular weight excluding hydrogens is 432 g/mol. The molecule has 0 aliphatic rings. The molecule has 0 N–H and O–H groups in total. The summed E-state index contributed by atoms with van der Waals surface area (Å²) in [7, 11) is 0. The minimum absolute atomic E-state index is 1.25. The monoisotopic (exact) mass is 458 g/mol. The third kappa shape index (κ3) is 3.08. The van der Waals surface area contributed by atoms with Crippen LogP contribution >= 0.6 is 0 Å². The van der Waals surface area contributed by atoms with E-state index < -0.39 is 0 Å². The summed E-state index contributed by atoms with van der Waals surface area (Å²) in [6, 6.07) is 44.3. The average Bonchev–Trinajstić information content (AvgIpc) is 2.95. The lowest BCUT2D eigenvalue weighted by molar-refractivity contribution is 1.54. The Labute approximate surface area is 211 Å². The maximum atomic E-state index is 2.39. The molecule has 7 aromatic carbocycles. The summed E-state index contributed by atoms with van der Waals surface area (Å²) < 4.78 is 0. The second-order valence-electron chi connectivity index (χ2n) is 9.80. The highest BCUT2D eigenvalue weighted by Crippen LogP contribution is 2.43. The predicted octanol–water partition coefficient (Wildman–Crippen LogP) is 10.3. The molecular formula is C36H26. The van der Waals surface area contributed by atoms with E-state index in [1.54, 1.807) is 0 Å². The molecule has 0 spiro atoms. The molecule has 0 unspecified atom stereocenters. The molecule has 7 rings (SSSR count). The van der Waals surface area contributed by atoms with Crippen molar-refractivity contribution in [2.24, 2.45) is 0 Å². The Bertz CT molecular complexity index is 1780. The zero-order valence-corrected chi connectivity index (χ0v) is 20.5. The van der Waals surface area contributed by atoms with Crippen molar-refractivity contribution in [3.05, 3.63) is 132 Å². The molecule has 0 fully saturated rings. The van der Waals surface area contributed by atoms with Gasteiger partial charge in [-0.3, -0.25) is 0 Å². The lowest BCUT2D eigenvalue weighted by Crippen LogP contribution is -1.93. The van der Waals surface area contributed by atoms with Crippen LogP contribution in [0.5, 0.6) is 0 Å². The van der Waals surface area contributed by atoms with Crippen molar-refractivity contribution in [3.63, 3.8) is 0 Å². The van der Waals surface area contributed by atoms with E-state index in [4.69, 9.17) is 0 Å². The van der Waals surface area contributed by atoms with Gasteiger partial charge in [-0.1, -0.05) is 109 Å². The van der Waals surface area contributed by atoms with Gasteiger partial charge in [-0.05, 0) is 102 Å². The number of benzene rings is 7. The number of rotatable bonds is 2. The molecule has 0 radical (unpaired) electrons. The molecule has 0 heteroatoms. The van der Waals surface area contributed by atoms with E-state index in [-0.39, 0.29) is 0 Å². The van der Waals surface area contributed by atoms with Crippen LogP contribution < -0.4 is 0 Å². The lowest BCUT2D eigenvalue weighted by Gasteiger charge is -2.19. The molecule has 0 bridgehead atoms. The second kappa shape index (κ2) is 8.07. The molecule has 0 atom stereocenters. The lowest BCUT2D eigenvalue weighted by atomic mass is 9.85. The third-order valence-corrected chi connectivity index (χ3v) is 7.82. The van der Waals surface area contributed by atoms with Gasteiger partial charge in [0.25, 0.3) is 0 Å². The summed E-state index contributed by atoms with van der Waals surface area (Å²) in [5.74, 6) is 0. The van der Waals surface area contributed by atoms with E-state index in [0.717, 1.165) is 0 Å². The molecule has 0 nitrogen and oxygen atoms in total. The predicted molar refractivity (Wildman–Crippen MR) is 157 cm³/mol. The van der Waals surface area contributed by atoms with Gasteiger partial charge in [0.1, 0.15) is 0 Å². The summed E-state index contributed by atoms with van der Waals surface area (Å²) in [6.45, 7) is 4.58. The van der Waals surface area contributed by atoms with Gasteiger partial charge in [0, 0.05) is 0 Å². The van der Waals surface area contributed by atoms with E-state index in [9.17, 15) is 0 Å². The Morgan fingerprint density at radius 3 is 1.11 bits per heavy atom. The van der Waals surface area contributed by atoms with Crippen LogP contribution in [0, 0.1) is 13.8 Å². The van der Waals surface area contributed by atoms with E-state index >= 15 is 0 Å². The average molecular weight is 459 g/mol. The van der Waals surface area contributed by atoms with Crippen LogP contribution in [0.3, 0.4) is 0 Å². The number of hydrogen-bond donors (Lipinski definition) is 0. The minimum Gasteiger partial charge on any atom is -0.0622 e. The molecule has 170 valence electrons. The van der Waals surface area contributed by atoms with Crippen LogP contribution in [0.25, 0.3) is 65.3 Å². The van der Waals surface area contributed by atoms with Crippen LogP contribution in [-0.2, 0) is 0 Å². The summed E-state index contributed by atoms with van der Waals surface area (Å²) in [5, 5.41) is 10.7. The summed E-state index contributed by atoms with van der Waals surface area (Å²) >= 11 is 0. The molecule has 0 heterocycles. The minimum atomic E-state index is 1.25. The van der Waals surface area contributed by atoms with Gasteiger partial charge in [-0.15, -0.1) is 0 Å². The number of aryl methyl sites for hydroxylation is 2. The molecule has 0 amide bonds. The van der Waals surface area contributed by atoms with Gasteiger partial charge >= 0.3 is 0 Å². The molecule has 7 aromatic rings. The highest BCUT2D eigenvalue weighted by molar-refractivity contribution is 6.30. The van der Waals surface area contributed by atoms with Crippen molar-refractivity contribution in [3.8, 4) is 22.3 Å². The van der Waals surface area contributed by atoms with E-state index in [1.807, 2.05) is 0 Å². The van der Waals surface area contributed by atoms with Crippen molar-refractivity contribution in [2.45, 2.75) is 13.8 Å². The maximum absolute atomic E-state index is 2.39. The van der Waals surface area contributed by atoms with E-state index in [0.29, 0.717) is 0 Å². The Morgan fingerprint density at radius 1 is 0.306 bits per heavy atom. The largest absolute Gasteiger partial charge is 0.0622 e. The van der Waals surface area contributed by atoms with Crippen LogP contribution in [0.4, 0.5) is 0 Å².